The molecule has 0 fully saturated rings. The minimum Gasteiger partial charge on any atom is -0.394 e. The summed E-state index contributed by atoms with van der Waals surface area (Å²) in [6.45, 7) is 2.15. The number of ether oxygens (including phenoxy) is 1. The molecule has 0 aromatic heterocycles. The molecule has 0 saturated heterocycles. The molecule has 0 spiro atoms. The molecule has 12 heavy (non-hydrogen) atoms. The summed E-state index contributed by atoms with van der Waals surface area (Å²) in [6, 6.07) is 0. The maximum Gasteiger partial charge on any atom is 0.327 e. The fourth-order valence-electron chi connectivity index (χ4n) is 0.481. The van der Waals surface area contributed by atoms with Gasteiger partial charge in [0.05, 0.1) is 26.4 Å². The van der Waals surface area contributed by atoms with Crippen LogP contribution in [0.3, 0.4) is 0 Å². The first-order chi connectivity index (χ1) is 5.62. The topological polar surface area (TPSA) is 65.0 Å². The Bertz CT molecular complexity index is 149. The monoisotopic (exact) mass is 198 g/mol. The third-order valence-corrected chi connectivity index (χ3v) is 2.44. The fraction of sp³-hybridized carbons (Fsp3) is 1.00. The Morgan fingerprint density at radius 1 is 1.33 bits per heavy atom. The van der Waals surface area contributed by atoms with E-state index >= 15 is 0 Å². The van der Waals surface area contributed by atoms with Crippen molar-refractivity contribution in [2.45, 2.75) is 0 Å². The van der Waals surface area contributed by atoms with Gasteiger partial charge in [0.15, 0.2) is 0 Å². The third-order valence-electron chi connectivity index (χ3n) is 1.12. The fourth-order valence-corrected chi connectivity index (χ4v) is 0.993. The van der Waals surface area contributed by atoms with Crippen LogP contribution >= 0.6 is 7.60 Å². The van der Waals surface area contributed by atoms with Crippen LogP contribution in [0.15, 0.2) is 0 Å². The highest BCUT2D eigenvalue weighted by Gasteiger charge is 2.12. The average Bonchev–Trinajstić information content (AvgIpc) is 2.04. The Labute approximate surface area is 72.2 Å². The second-order valence-corrected chi connectivity index (χ2v) is 4.29. The van der Waals surface area contributed by atoms with E-state index in [0.29, 0.717) is 6.61 Å². The lowest BCUT2D eigenvalue weighted by atomic mass is 10.7. The van der Waals surface area contributed by atoms with Crippen molar-refractivity contribution in [1.82, 2.24) is 0 Å². The third kappa shape index (κ3) is 6.76. The van der Waals surface area contributed by atoms with Crippen LogP contribution < -0.4 is 0 Å². The Kier molecular flexibility index (Phi) is 6.61. The molecule has 0 aliphatic carbocycles. The van der Waals surface area contributed by atoms with Crippen LogP contribution in [-0.2, 0) is 18.3 Å². The summed E-state index contributed by atoms with van der Waals surface area (Å²) in [4.78, 5) is 0. The van der Waals surface area contributed by atoms with Gasteiger partial charge in [-0.1, -0.05) is 0 Å². The zero-order valence-electron chi connectivity index (χ0n) is 7.36. The predicted molar refractivity (Wildman–Crippen MR) is 44.4 cm³/mol. The first-order valence-electron chi connectivity index (χ1n) is 3.59. The second-order valence-electron chi connectivity index (χ2n) is 2.12. The van der Waals surface area contributed by atoms with Crippen molar-refractivity contribution >= 4 is 7.60 Å². The van der Waals surface area contributed by atoms with E-state index < -0.39 is 7.60 Å². The molecular weight excluding hydrogens is 183 g/mol. The van der Waals surface area contributed by atoms with Crippen LogP contribution in [0.1, 0.15) is 0 Å². The van der Waals surface area contributed by atoms with Crippen molar-refractivity contribution < 1.29 is 23.5 Å². The van der Waals surface area contributed by atoms with Gasteiger partial charge in [0.2, 0.25) is 0 Å². The summed E-state index contributed by atoms with van der Waals surface area (Å²) in [5.41, 5.74) is 0. The summed E-state index contributed by atoms with van der Waals surface area (Å²) >= 11 is 0. The molecule has 1 N–H and O–H groups in total. The van der Waals surface area contributed by atoms with Gasteiger partial charge < -0.3 is 18.9 Å². The van der Waals surface area contributed by atoms with Crippen LogP contribution in [0.25, 0.3) is 0 Å². The van der Waals surface area contributed by atoms with Crippen molar-refractivity contribution in [3.05, 3.63) is 0 Å². The maximum atomic E-state index is 11.1. The van der Waals surface area contributed by atoms with Crippen LogP contribution in [0.2, 0.25) is 0 Å². The zero-order chi connectivity index (χ0) is 9.45. The normalized spacial score (nSPS) is 15.9. The lowest BCUT2D eigenvalue weighted by molar-refractivity contribution is 0.0670. The van der Waals surface area contributed by atoms with E-state index in [1.807, 2.05) is 0 Å². The smallest absolute Gasteiger partial charge is 0.327 e. The van der Waals surface area contributed by atoms with E-state index in [0.717, 1.165) is 0 Å². The van der Waals surface area contributed by atoms with Crippen LogP contribution in [0.5, 0.6) is 0 Å². The molecule has 0 saturated carbocycles. The minimum absolute atomic E-state index is 0.0198. The molecule has 0 heterocycles. The molecule has 0 rings (SSSR count). The predicted octanol–water partition coefficient (Wildman–Crippen LogP) is 0.481. The Morgan fingerprint density at radius 3 is 2.50 bits per heavy atom. The first-order valence-corrected chi connectivity index (χ1v) is 5.58. The quantitative estimate of drug-likeness (QED) is 0.476. The van der Waals surface area contributed by atoms with Crippen LogP contribution in [0, 0.1) is 0 Å². The van der Waals surface area contributed by atoms with E-state index in [1.54, 1.807) is 0 Å². The summed E-state index contributed by atoms with van der Waals surface area (Å²) in [6.07, 6.45) is 0. The van der Waals surface area contributed by atoms with Crippen molar-refractivity contribution in [3.8, 4) is 0 Å². The molecule has 5 nitrogen and oxygen atoms in total. The van der Waals surface area contributed by atoms with Crippen LogP contribution in [-0.4, -0.2) is 45.3 Å². The number of aliphatic hydroxyl groups excluding tert-OH is 1. The highest BCUT2D eigenvalue weighted by Crippen LogP contribution is 2.42. The summed E-state index contributed by atoms with van der Waals surface area (Å²) in [7, 11) is -1.54. The summed E-state index contributed by atoms with van der Waals surface area (Å²) in [5, 5.41) is 8.33. The Hall–Kier alpha value is 0.0700. The lowest BCUT2D eigenvalue weighted by Gasteiger charge is -2.10. The first kappa shape index (κ1) is 12.1. The van der Waals surface area contributed by atoms with Gasteiger partial charge in [0.1, 0.15) is 0 Å². The van der Waals surface area contributed by atoms with Gasteiger partial charge in [-0.25, -0.2) is 0 Å². The number of aliphatic hydroxyl groups is 1. The molecule has 0 amide bonds. The van der Waals surface area contributed by atoms with Crippen LogP contribution in [0.4, 0.5) is 0 Å². The molecule has 1 unspecified atom stereocenters. The molecule has 74 valence electrons. The van der Waals surface area contributed by atoms with Gasteiger partial charge >= 0.3 is 7.60 Å². The Balaban J connectivity index is 3.25. The van der Waals surface area contributed by atoms with E-state index in [1.165, 1.54) is 13.8 Å². The second kappa shape index (κ2) is 6.57. The van der Waals surface area contributed by atoms with Crippen molar-refractivity contribution in [2.75, 3.05) is 40.2 Å². The molecule has 0 aromatic carbocycles. The molecule has 0 aliphatic rings. The van der Waals surface area contributed by atoms with Gasteiger partial charge in [0, 0.05) is 13.8 Å². The van der Waals surface area contributed by atoms with E-state index in [9.17, 15) is 4.57 Å². The number of rotatable bonds is 7. The molecule has 0 bridgehead atoms. The largest absolute Gasteiger partial charge is 0.394 e. The van der Waals surface area contributed by atoms with E-state index in [4.69, 9.17) is 14.4 Å². The average molecular weight is 198 g/mol. The van der Waals surface area contributed by atoms with Gasteiger partial charge in [-0.05, 0) is 0 Å². The highest BCUT2D eigenvalue weighted by molar-refractivity contribution is 7.52. The highest BCUT2D eigenvalue weighted by atomic mass is 31.2. The van der Waals surface area contributed by atoms with Crippen molar-refractivity contribution in [3.63, 3.8) is 0 Å². The maximum absolute atomic E-state index is 11.1. The van der Waals surface area contributed by atoms with E-state index in [-0.39, 0.29) is 19.8 Å². The molecule has 1 atom stereocenters. The standard InChI is InChI=1S/C6H15O5P/c1-9-12(2,8)11-6-5-10-4-3-7/h7H,3-6H2,1-2H3. The van der Waals surface area contributed by atoms with Gasteiger partial charge in [-0.15, -0.1) is 0 Å². The molecular formula is C6H15O5P. The van der Waals surface area contributed by atoms with Gasteiger partial charge in [-0.3, -0.25) is 4.57 Å². The van der Waals surface area contributed by atoms with Crippen molar-refractivity contribution in [1.29, 1.82) is 0 Å². The van der Waals surface area contributed by atoms with E-state index in [2.05, 4.69) is 4.52 Å². The number of hydrogen-bond donors (Lipinski definition) is 1. The molecule has 0 aliphatic heterocycles. The Morgan fingerprint density at radius 2 is 2.00 bits per heavy atom. The van der Waals surface area contributed by atoms with Crippen molar-refractivity contribution in [2.24, 2.45) is 0 Å². The zero-order valence-corrected chi connectivity index (χ0v) is 8.25. The molecule has 0 aromatic rings. The summed E-state index contributed by atoms with van der Waals surface area (Å²) in [5.74, 6) is 0. The van der Waals surface area contributed by atoms with Gasteiger partial charge in [-0.2, -0.15) is 0 Å². The molecule has 6 heteroatoms. The molecule has 0 radical (unpaired) electrons. The summed E-state index contributed by atoms with van der Waals surface area (Å²) < 4.78 is 25.4. The SMILES string of the molecule is COP(C)(=O)OCCOCCO. The number of hydrogen-bond acceptors (Lipinski definition) is 5. The minimum atomic E-state index is -2.86. The lowest BCUT2D eigenvalue weighted by Crippen LogP contribution is -2.06. The van der Waals surface area contributed by atoms with Gasteiger partial charge in [0.25, 0.3) is 0 Å².